The summed E-state index contributed by atoms with van der Waals surface area (Å²) in [6.07, 6.45) is 3.88. The van der Waals surface area contributed by atoms with Gasteiger partial charge in [0.15, 0.2) is 0 Å². The van der Waals surface area contributed by atoms with E-state index in [4.69, 9.17) is 39.5 Å². The summed E-state index contributed by atoms with van der Waals surface area (Å²) in [5.41, 5.74) is 1.67. The number of aromatic nitrogens is 3. The van der Waals surface area contributed by atoms with E-state index in [1.54, 1.807) is 24.3 Å². The molecule has 0 radical (unpaired) electrons. The van der Waals surface area contributed by atoms with Crippen LogP contribution in [0.5, 0.6) is 5.88 Å². The lowest BCUT2D eigenvalue weighted by Gasteiger charge is -2.16. The Morgan fingerprint density at radius 3 is 2.56 bits per heavy atom. The number of anilines is 1. The van der Waals surface area contributed by atoms with Crippen molar-refractivity contribution < 1.29 is 18.7 Å². The summed E-state index contributed by atoms with van der Waals surface area (Å²) in [5, 5.41) is 5.93. The zero-order valence-electron chi connectivity index (χ0n) is 19.7. The zero-order chi connectivity index (χ0) is 27.5. The molecule has 2 amide bonds. The van der Waals surface area contributed by atoms with Crippen LogP contribution in [0.3, 0.4) is 0 Å². The summed E-state index contributed by atoms with van der Waals surface area (Å²) >= 11 is 19.0. The van der Waals surface area contributed by atoms with Gasteiger partial charge in [-0.05, 0) is 24.3 Å². The van der Waals surface area contributed by atoms with Crippen LogP contribution in [-0.2, 0) is 11.4 Å². The predicted octanol–water partition coefficient (Wildman–Crippen LogP) is 5.10. The quantitative estimate of drug-likeness (QED) is 0.325. The highest BCUT2D eigenvalue weighted by atomic mass is 35.5. The van der Waals surface area contributed by atoms with Gasteiger partial charge in [-0.2, -0.15) is 0 Å². The van der Waals surface area contributed by atoms with Crippen molar-refractivity contribution in [2.75, 3.05) is 5.32 Å². The number of fused-ring (bicyclic) bond motifs is 1. The maximum absolute atomic E-state index is 14.1. The first kappa shape index (κ1) is 26.5. The van der Waals surface area contributed by atoms with E-state index in [0.29, 0.717) is 27.5 Å². The summed E-state index contributed by atoms with van der Waals surface area (Å²) in [6.45, 7) is -0.0815. The third kappa shape index (κ3) is 5.83. The van der Waals surface area contributed by atoms with Crippen LogP contribution < -0.4 is 15.4 Å². The van der Waals surface area contributed by atoms with Crippen LogP contribution >= 0.6 is 34.8 Å². The standard InChI is InChI=1S/C26H16Cl3FN6O3/c27-13-7-18(28)21(19(29)8-13)22-16-3-1-2-4-20(16)34-25(38)23(35-22)36-24(37)17-9-14(30)10-33-26(17)39-12-15-11-31-5-6-32-15/h1-11,23H,12H2,(H,34,38)(H,36,37). The molecule has 0 bridgehead atoms. The summed E-state index contributed by atoms with van der Waals surface area (Å²) in [6, 6.07) is 10.8. The van der Waals surface area contributed by atoms with Crippen LogP contribution in [-0.4, -0.2) is 38.6 Å². The molecule has 196 valence electrons. The van der Waals surface area contributed by atoms with E-state index in [-0.39, 0.29) is 33.8 Å². The Labute approximate surface area is 236 Å². The number of halogens is 4. The Morgan fingerprint density at radius 1 is 1.05 bits per heavy atom. The van der Waals surface area contributed by atoms with Crippen molar-refractivity contribution in [1.82, 2.24) is 20.3 Å². The number of para-hydroxylation sites is 1. The minimum atomic E-state index is -1.46. The van der Waals surface area contributed by atoms with Crippen LogP contribution in [0.1, 0.15) is 27.2 Å². The van der Waals surface area contributed by atoms with Crippen molar-refractivity contribution in [3.8, 4) is 5.88 Å². The highest BCUT2D eigenvalue weighted by molar-refractivity contribution is 6.44. The predicted molar refractivity (Wildman–Crippen MR) is 144 cm³/mol. The van der Waals surface area contributed by atoms with Gasteiger partial charge in [0.1, 0.15) is 18.0 Å². The fraction of sp³-hybridized carbons (Fsp3) is 0.0769. The molecular formula is C26H16Cl3FN6O3. The number of rotatable bonds is 6. The molecule has 0 fully saturated rings. The lowest BCUT2D eigenvalue weighted by molar-refractivity contribution is -0.117. The summed E-state index contributed by atoms with van der Waals surface area (Å²) < 4.78 is 19.7. The number of hydrogen-bond acceptors (Lipinski definition) is 7. The van der Waals surface area contributed by atoms with E-state index in [9.17, 15) is 14.0 Å². The van der Waals surface area contributed by atoms with Crippen molar-refractivity contribution in [2.24, 2.45) is 4.99 Å². The first-order chi connectivity index (χ1) is 18.8. The maximum atomic E-state index is 14.1. The lowest BCUT2D eigenvalue weighted by atomic mass is 10.0. The molecule has 3 heterocycles. The Balaban J connectivity index is 1.51. The summed E-state index contributed by atoms with van der Waals surface area (Å²) in [4.78, 5) is 42.9. The highest BCUT2D eigenvalue weighted by Gasteiger charge is 2.30. The molecule has 0 saturated carbocycles. The third-order valence-electron chi connectivity index (χ3n) is 5.49. The van der Waals surface area contributed by atoms with Crippen molar-refractivity contribution in [3.05, 3.63) is 111 Å². The molecule has 2 aromatic carbocycles. The maximum Gasteiger partial charge on any atom is 0.269 e. The van der Waals surface area contributed by atoms with Gasteiger partial charge < -0.3 is 15.4 Å². The molecule has 0 spiro atoms. The molecule has 1 atom stereocenters. The summed E-state index contributed by atoms with van der Waals surface area (Å²) in [5.74, 6) is -2.48. The van der Waals surface area contributed by atoms with Gasteiger partial charge in [0.05, 0.1) is 39.5 Å². The first-order valence-electron chi connectivity index (χ1n) is 11.3. The Kier molecular flexibility index (Phi) is 7.69. The van der Waals surface area contributed by atoms with E-state index >= 15 is 0 Å². The molecule has 13 heteroatoms. The van der Waals surface area contributed by atoms with Crippen LogP contribution in [0, 0.1) is 5.82 Å². The van der Waals surface area contributed by atoms with E-state index in [2.05, 4.69) is 30.6 Å². The Bertz CT molecular complexity index is 1600. The second-order valence-electron chi connectivity index (χ2n) is 8.12. The van der Waals surface area contributed by atoms with Crippen LogP contribution in [0.2, 0.25) is 15.1 Å². The van der Waals surface area contributed by atoms with Crippen molar-refractivity contribution in [3.63, 3.8) is 0 Å². The molecule has 1 unspecified atom stereocenters. The Hall–Kier alpha value is -4.12. The van der Waals surface area contributed by atoms with E-state index in [1.807, 2.05) is 0 Å². The van der Waals surface area contributed by atoms with Crippen LogP contribution in [0.25, 0.3) is 0 Å². The number of carbonyl (C=O) groups excluding carboxylic acids is 2. The molecule has 39 heavy (non-hydrogen) atoms. The lowest BCUT2D eigenvalue weighted by Crippen LogP contribution is -2.42. The van der Waals surface area contributed by atoms with Gasteiger partial charge in [0, 0.05) is 28.5 Å². The normalized spacial score (nSPS) is 14.5. The summed E-state index contributed by atoms with van der Waals surface area (Å²) in [7, 11) is 0. The molecule has 1 aliphatic rings. The van der Waals surface area contributed by atoms with Gasteiger partial charge >= 0.3 is 0 Å². The fourth-order valence-corrected chi connectivity index (χ4v) is 4.77. The second kappa shape index (κ2) is 11.3. The molecular weight excluding hydrogens is 570 g/mol. The van der Waals surface area contributed by atoms with E-state index in [1.165, 1.54) is 30.7 Å². The number of aliphatic imine (C=N–C) groups is 1. The fourth-order valence-electron chi connectivity index (χ4n) is 3.78. The number of ether oxygens (including phenoxy) is 1. The number of nitrogens with zero attached hydrogens (tertiary/aromatic N) is 4. The van der Waals surface area contributed by atoms with Gasteiger partial charge in [-0.1, -0.05) is 53.0 Å². The zero-order valence-corrected chi connectivity index (χ0v) is 21.9. The second-order valence-corrected chi connectivity index (χ2v) is 9.38. The molecule has 5 rings (SSSR count). The van der Waals surface area contributed by atoms with Gasteiger partial charge in [-0.25, -0.2) is 14.4 Å². The minimum Gasteiger partial charge on any atom is -0.471 e. The minimum absolute atomic E-state index is 0.0815. The van der Waals surface area contributed by atoms with Crippen LogP contribution in [0.15, 0.2) is 72.2 Å². The highest BCUT2D eigenvalue weighted by Crippen LogP contribution is 2.34. The average Bonchev–Trinajstić information content (AvgIpc) is 3.04. The number of pyridine rings is 1. The van der Waals surface area contributed by atoms with Gasteiger partial charge in [0.25, 0.3) is 11.8 Å². The molecule has 0 saturated heterocycles. The SMILES string of the molecule is O=C(NC1N=C(c2c(Cl)cc(Cl)cc2Cl)c2ccccc2NC1=O)c1cc(F)cnc1OCc1cnccn1. The number of nitrogens with one attached hydrogen (secondary N) is 2. The monoisotopic (exact) mass is 584 g/mol. The molecule has 2 N–H and O–H groups in total. The van der Waals surface area contributed by atoms with E-state index in [0.717, 1.165) is 12.3 Å². The average molecular weight is 586 g/mol. The van der Waals surface area contributed by atoms with Crippen molar-refractivity contribution in [1.29, 1.82) is 0 Å². The van der Waals surface area contributed by atoms with Crippen LogP contribution in [0.4, 0.5) is 10.1 Å². The number of hydrogen-bond donors (Lipinski definition) is 2. The first-order valence-corrected chi connectivity index (χ1v) is 12.4. The largest absolute Gasteiger partial charge is 0.471 e. The molecule has 4 aromatic rings. The topological polar surface area (TPSA) is 118 Å². The number of benzene rings is 2. The number of amides is 2. The smallest absolute Gasteiger partial charge is 0.269 e. The number of benzodiazepines with no additional fused rings is 1. The molecule has 1 aliphatic heterocycles. The van der Waals surface area contributed by atoms with Gasteiger partial charge in [-0.3, -0.25) is 19.6 Å². The van der Waals surface area contributed by atoms with Crippen molar-refractivity contribution in [2.45, 2.75) is 12.8 Å². The van der Waals surface area contributed by atoms with E-state index < -0.39 is 23.8 Å². The van der Waals surface area contributed by atoms with Crippen molar-refractivity contribution >= 4 is 58.0 Å². The number of carbonyl (C=O) groups is 2. The third-order valence-corrected chi connectivity index (χ3v) is 6.31. The van der Waals surface area contributed by atoms with Gasteiger partial charge in [0.2, 0.25) is 12.0 Å². The molecule has 2 aromatic heterocycles. The van der Waals surface area contributed by atoms with Gasteiger partial charge in [-0.15, -0.1) is 0 Å². The molecule has 0 aliphatic carbocycles. The Morgan fingerprint density at radius 2 is 1.82 bits per heavy atom. The molecule has 9 nitrogen and oxygen atoms in total.